The first kappa shape index (κ1) is 18.6. The van der Waals surface area contributed by atoms with Gasteiger partial charge >= 0.3 is 0 Å². The lowest BCUT2D eigenvalue weighted by Gasteiger charge is -2.34. The van der Waals surface area contributed by atoms with Crippen LogP contribution in [0, 0.1) is 4.84 Å². The molecule has 3 heterocycles. The second kappa shape index (κ2) is 8.49. The van der Waals surface area contributed by atoms with Gasteiger partial charge in [-0.15, -0.1) is 5.10 Å². The predicted molar refractivity (Wildman–Crippen MR) is 108 cm³/mol. The van der Waals surface area contributed by atoms with Gasteiger partial charge in [0.2, 0.25) is 11.8 Å². The van der Waals surface area contributed by atoms with Crippen molar-refractivity contribution in [2.75, 3.05) is 37.7 Å². The zero-order valence-electron chi connectivity index (χ0n) is 15.7. The van der Waals surface area contributed by atoms with Crippen LogP contribution in [0.4, 0.5) is 5.95 Å². The molecule has 1 saturated heterocycles. The number of hydrogen-bond donors (Lipinski definition) is 0. The first-order chi connectivity index (χ1) is 13.7. The summed E-state index contributed by atoms with van der Waals surface area (Å²) < 4.78 is 12.9. The van der Waals surface area contributed by atoms with Crippen LogP contribution in [0.5, 0.6) is 5.75 Å². The third-order valence-corrected chi connectivity index (χ3v) is 4.85. The summed E-state index contributed by atoms with van der Waals surface area (Å²) in [6.07, 6.45) is 3.54. The molecule has 3 aromatic rings. The fraction of sp³-hybridized carbons (Fsp3) is 0.368. The quantitative estimate of drug-likeness (QED) is 0.587. The third-order valence-electron chi connectivity index (χ3n) is 4.56. The van der Waals surface area contributed by atoms with Crippen LogP contribution < -0.4 is 9.64 Å². The maximum Gasteiger partial charge on any atom is 0.288 e. The standard InChI is InChI=1S/C19H22N6O2S/c1-2-26-16-6-4-15(5-7-16)17-22-25(19(28)27-17)14-23-10-12-24(13-11-23)18-20-8-3-9-21-18/h3-9H,2,10-14H2,1H3. The number of rotatable bonds is 6. The highest BCUT2D eigenvalue weighted by Crippen LogP contribution is 2.21. The van der Waals surface area contributed by atoms with E-state index in [0.29, 0.717) is 24.0 Å². The minimum atomic E-state index is 0.373. The molecule has 0 unspecified atom stereocenters. The van der Waals surface area contributed by atoms with E-state index in [1.54, 1.807) is 17.1 Å². The van der Waals surface area contributed by atoms with E-state index in [-0.39, 0.29) is 0 Å². The molecule has 2 aromatic heterocycles. The normalized spacial score (nSPS) is 15.0. The van der Waals surface area contributed by atoms with Crippen molar-refractivity contribution in [2.45, 2.75) is 13.6 Å². The molecule has 1 aromatic carbocycles. The Morgan fingerprint density at radius 1 is 1.07 bits per heavy atom. The first-order valence-corrected chi connectivity index (χ1v) is 9.69. The highest BCUT2D eigenvalue weighted by atomic mass is 32.1. The van der Waals surface area contributed by atoms with Gasteiger partial charge in [-0.25, -0.2) is 14.6 Å². The number of nitrogens with zero attached hydrogens (tertiary/aromatic N) is 6. The van der Waals surface area contributed by atoms with Gasteiger partial charge in [-0.3, -0.25) is 4.90 Å². The highest BCUT2D eigenvalue weighted by molar-refractivity contribution is 7.71. The largest absolute Gasteiger partial charge is 0.494 e. The molecule has 4 rings (SSSR count). The van der Waals surface area contributed by atoms with Crippen LogP contribution in [0.25, 0.3) is 11.5 Å². The fourth-order valence-corrected chi connectivity index (χ4v) is 3.28. The van der Waals surface area contributed by atoms with Gasteiger partial charge in [0.25, 0.3) is 4.84 Å². The Morgan fingerprint density at radius 2 is 1.79 bits per heavy atom. The third kappa shape index (κ3) is 4.20. The van der Waals surface area contributed by atoms with Crippen LogP contribution in [0.3, 0.4) is 0 Å². The number of ether oxygens (including phenoxy) is 1. The average molecular weight is 398 g/mol. The summed E-state index contributed by atoms with van der Waals surface area (Å²) in [4.78, 5) is 13.5. The molecular formula is C19H22N6O2S. The van der Waals surface area contributed by atoms with E-state index in [4.69, 9.17) is 21.4 Å². The number of benzene rings is 1. The van der Waals surface area contributed by atoms with Crippen LogP contribution in [-0.4, -0.2) is 57.4 Å². The Kier molecular flexibility index (Phi) is 5.63. The van der Waals surface area contributed by atoms with Crippen LogP contribution in [0.15, 0.2) is 47.1 Å². The molecule has 1 fully saturated rings. The lowest BCUT2D eigenvalue weighted by Crippen LogP contribution is -2.47. The molecular weight excluding hydrogens is 376 g/mol. The molecule has 0 radical (unpaired) electrons. The van der Waals surface area contributed by atoms with Gasteiger partial charge in [0.15, 0.2) is 0 Å². The number of anilines is 1. The summed E-state index contributed by atoms with van der Waals surface area (Å²) >= 11 is 5.36. The molecule has 146 valence electrons. The second-order valence-electron chi connectivity index (χ2n) is 6.43. The van der Waals surface area contributed by atoms with E-state index < -0.39 is 0 Å². The van der Waals surface area contributed by atoms with E-state index in [1.165, 1.54) is 0 Å². The van der Waals surface area contributed by atoms with Gasteiger partial charge in [0, 0.05) is 44.1 Å². The summed E-state index contributed by atoms with van der Waals surface area (Å²) in [5, 5.41) is 4.55. The molecule has 0 amide bonds. The topological polar surface area (TPSA) is 72.5 Å². The van der Waals surface area contributed by atoms with E-state index in [0.717, 1.165) is 43.4 Å². The van der Waals surface area contributed by atoms with Crippen molar-refractivity contribution in [1.82, 2.24) is 24.6 Å². The molecule has 8 nitrogen and oxygen atoms in total. The van der Waals surface area contributed by atoms with E-state index in [1.807, 2.05) is 37.3 Å². The number of hydrogen-bond acceptors (Lipinski definition) is 8. The zero-order chi connectivity index (χ0) is 19.3. The van der Waals surface area contributed by atoms with E-state index >= 15 is 0 Å². The molecule has 1 aliphatic heterocycles. The molecule has 1 aliphatic rings. The Hall–Kier alpha value is -2.78. The molecule has 0 aliphatic carbocycles. The van der Waals surface area contributed by atoms with E-state index in [9.17, 15) is 0 Å². The van der Waals surface area contributed by atoms with Crippen molar-refractivity contribution in [3.05, 3.63) is 47.6 Å². The van der Waals surface area contributed by atoms with Crippen molar-refractivity contribution in [1.29, 1.82) is 0 Å². The molecule has 0 bridgehead atoms. The van der Waals surface area contributed by atoms with Gasteiger partial charge in [0.1, 0.15) is 5.75 Å². The average Bonchev–Trinajstić information content (AvgIpc) is 3.10. The molecule has 28 heavy (non-hydrogen) atoms. The smallest absolute Gasteiger partial charge is 0.288 e. The molecule has 0 atom stereocenters. The maximum absolute atomic E-state index is 5.70. The van der Waals surface area contributed by atoms with Crippen LogP contribution in [-0.2, 0) is 6.67 Å². The summed E-state index contributed by atoms with van der Waals surface area (Å²) in [6, 6.07) is 9.49. The van der Waals surface area contributed by atoms with Crippen molar-refractivity contribution in [3.63, 3.8) is 0 Å². The fourth-order valence-electron chi connectivity index (χ4n) is 3.11. The molecule has 0 spiro atoms. The minimum absolute atomic E-state index is 0.373. The van der Waals surface area contributed by atoms with Gasteiger partial charge in [-0.2, -0.15) is 0 Å². The second-order valence-corrected chi connectivity index (χ2v) is 6.77. The van der Waals surface area contributed by atoms with Gasteiger partial charge in [-0.05, 0) is 49.5 Å². The SMILES string of the molecule is CCOc1ccc(-c2nn(CN3CCN(c4ncccn4)CC3)c(=S)o2)cc1. The highest BCUT2D eigenvalue weighted by Gasteiger charge is 2.20. The van der Waals surface area contributed by atoms with Crippen molar-refractivity contribution >= 4 is 18.2 Å². The Labute approximate surface area is 168 Å². The zero-order valence-corrected chi connectivity index (χ0v) is 16.5. The predicted octanol–water partition coefficient (Wildman–Crippen LogP) is 2.84. The molecule has 0 saturated carbocycles. The Balaban J connectivity index is 1.39. The molecule has 0 N–H and O–H groups in total. The number of piperazine rings is 1. The van der Waals surface area contributed by atoms with Crippen molar-refractivity contribution < 1.29 is 9.15 Å². The Morgan fingerprint density at radius 3 is 2.46 bits per heavy atom. The Bertz CT molecular complexity index is 949. The maximum atomic E-state index is 5.70. The van der Waals surface area contributed by atoms with Crippen LogP contribution in [0.1, 0.15) is 6.92 Å². The van der Waals surface area contributed by atoms with Crippen molar-refractivity contribution in [3.8, 4) is 17.2 Å². The summed E-state index contributed by atoms with van der Waals surface area (Å²) in [6.45, 7) is 6.68. The lowest BCUT2D eigenvalue weighted by atomic mass is 10.2. The first-order valence-electron chi connectivity index (χ1n) is 9.28. The van der Waals surface area contributed by atoms with E-state index in [2.05, 4.69) is 24.9 Å². The van der Waals surface area contributed by atoms with Gasteiger partial charge in [-0.1, -0.05) is 0 Å². The summed E-state index contributed by atoms with van der Waals surface area (Å²) in [5.74, 6) is 2.12. The monoisotopic (exact) mass is 398 g/mol. The molecule has 9 heteroatoms. The number of aromatic nitrogens is 4. The van der Waals surface area contributed by atoms with Crippen LogP contribution in [0.2, 0.25) is 0 Å². The summed E-state index contributed by atoms with van der Waals surface area (Å²) in [5.41, 5.74) is 0.874. The van der Waals surface area contributed by atoms with Gasteiger partial charge in [0.05, 0.1) is 13.3 Å². The van der Waals surface area contributed by atoms with Gasteiger partial charge < -0.3 is 14.1 Å². The van der Waals surface area contributed by atoms with Crippen molar-refractivity contribution in [2.24, 2.45) is 0 Å². The van der Waals surface area contributed by atoms with Crippen LogP contribution >= 0.6 is 12.2 Å². The lowest BCUT2D eigenvalue weighted by molar-refractivity contribution is 0.191. The minimum Gasteiger partial charge on any atom is -0.494 e. The summed E-state index contributed by atoms with van der Waals surface area (Å²) in [7, 11) is 0.